The van der Waals surface area contributed by atoms with Gasteiger partial charge in [0.05, 0.1) is 16.7 Å². The van der Waals surface area contributed by atoms with Crippen LogP contribution in [0.1, 0.15) is 27.7 Å². The summed E-state index contributed by atoms with van der Waals surface area (Å²) in [6.45, 7) is 0. The first-order valence-electron chi connectivity index (χ1n) is 10.9. The maximum Gasteiger partial charge on any atom is 0.272 e. The van der Waals surface area contributed by atoms with E-state index in [4.69, 9.17) is 0 Å². The molecule has 0 radical (unpaired) electrons. The number of nitrogens with zero attached hydrogens (tertiary/aromatic N) is 3. The van der Waals surface area contributed by atoms with Crippen LogP contribution in [-0.4, -0.2) is 25.7 Å². The Morgan fingerprint density at radius 2 is 1.63 bits per heavy atom. The number of non-ortho nitro benzene ring substituents is 1. The average molecular weight is 464 g/mol. The number of nitro benzene ring substituents is 1. The standard InChI is InChI=1S/C27H20N4O4/c32-24-15-10-18-6-4-5-9-22(18)25(24)26(19-7-2-1-3-8-19)28-27(33)23-16-17-30(29-23)20-11-13-21(14-12-20)31(34)35/h1-17,26,32H,(H,28,33). The summed E-state index contributed by atoms with van der Waals surface area (Å²) in [6, 6.07) is 27.4. The van der Waals surface area contributed by atoms with Gasteiger partial charge in [0.2, 0.25) is 0 Å². The number of benzene rings is 4. The minimum atomic E-state index is -0.626. The molecule has 1 heterocycles. The summed E-state index contributed by atoms with van der Waals surface area (Å²) in [7, 11) is 0. The van der Waals surface area contributed by atoms with Crippen LogP contribution >= 0.6 is 0 Å². The highest BCUT2D eigenvalue weighted by Crippen LogP contribution is 2.36. The topological polar surface area (TPSA) is 110 Å². The SMILES string of the molecule is O=C(NC(c1ccccc1)c1c(O)ccc2ccccc12)c1ccn(-c2ccc([N+](=O)[O-])cc2)n1. The van der Waals surface area contributed by atoms with Gasteiger partial charge in [-0.2, -0.15) is 5.10 Å². The number of phenolic OH excluding ortho intramolecular Hbond substituents is 1. The van der Waals surface area contributed by atoms with Crippen LogP contribution < -0.4 is 5.32 Å². The van der Waals surface area contributed by atoms with Gasteiger partial charge in [-0.25, -0.2) is 4.68 Å². The second-order valence-electron chi connectivity index (χ2n) is 7.96. The number of nitrogens with one attached hydrogen (secondary N) is 1. The van der Waals surface area contributed by atoms with Gasteiger partial charge < -0.3 is 10.4 Å². The lowest BCUT2D eigenvalue weighted by atomic mass is 9.92. The van der Waals surface area contributed by atoms with Crippen molar-refractivity contribution in [2.75, 3.05) is 0 Å². The number of hydrogen-bond acceptors (Lipinski definition) is 5. The predicted molar refractivity (Wildman–Crippen MR) is 132 cm³/mol. The number of fused-ring (bicyclic) bond motifs is 1. The summed E-state index contributed by atoms with van der Waals surface area (Å²) in [4.78, 5) is 23.7. The first kappa shape index (κ1) is 21.8. The lowest BCUT2D eigenvalue weighted by molar-refractivity contribution is -0.384. The molecule has 0 spiro atoms. The van der Waals surface area contributed by atoms with Crippen LogP contribution in [0.3, 0.4) is 0 Å². The number of phenols is 1. The quantitative estimate of drug-likeness (QED) is 0.266. The number of nitro groups is 1. The minimum absolute atomic E-state index is 0.0283. The third-order valence-electron chi connectivity index (χ3n) is 5.79. The number of aromatic nitrogens is 2. The molecule has 0 aliphatic heterocycles. The van der Waals surface area contributed by atoms with Gasteiger partial charge in [-0.05, 0) is 40.6 Å². The van der Waals surface area contributed by atoms with Crippen molar-refractivity contribution in [2.45, 2.75) is 6.04 Å². The maximum absolute atomic E-state index is 13.3. The molecule has 0 aliphatic carbocycles. The monoisotopic (exact) mass is 464 g/mol. The molecule has 1 amide bonds. The Balaban J connectivity index is 1.50. The first-order valence-corrected chi connectivity index (χ1v) is 10.9. The van der Waals surface area contributed by atoms with E-state index in [1.54, 1.807) is 30.5 Å². The Morgan fingerprint density at radius 1 is 0.914 bits per heavy atom. The number of hydrogen-bond donors (Lipinski definition) is 2. The number of carbonyl (C=O) groups is 1. The molecule has 1 unspecified atom stereocenters. The molecular weight excluding hydrogens is 444 g/mol. The second-order valence-corrected chi connectivity index (χ2v) is 7.96. The fourth-order valence-electron chi connectivity index (χ4n) is 4.08. The molecule has 5 rings (SSSR count). The normalized spacial score (nSPS) is 11.8. The molecule has 5 aromatic rings. The highest BCUT2D eigenvalue weighted by atomic mass is 16.6. The lowest BCUT2D eigenvalue weighted by Gasteiger charge is -2.22. The number of amides is 1. The molecule has 0 aliphatic rings. The largest absolute Gasteiger partial charge is 0.508 e. The van der Waals surface area contributed by atoms with Gasteiger partial charge in [-0.1, -0.05) is 60.7 Å². The Morgan fingerprint density at radius 3 is 2.37 bits per heavy atom. The van der Waals surface area contributed by atoms with Crippen molar-refractivity contribution >= 4 is 22.4 Å². The second kappa shape index (κ2) is 9.11. The zero-order chi connectivity index (χ0) is 24.4. The van der Waals surface area contributed by atoms with Crippen LogP contribution in [-0.2, 0) is 0 Å². The van der Waals surface area contributed by atoms with Crippen molar-refractivity contribution in [1.82, 2.24) is 15.1 Å². The summed E-state index contributed by atoms with van der Waals surface area (Å²) < 4.78 is 1.48. The first-order chi connectivity index (χ1) is 17.0. The number of aromatic hydroxyl groups is 1. The lowest BCUT2D eigenvalue weighted by Crippen LogP contribution is -2.30. The number of rotatable bonds is 6. The van der Waals surface area contributed by atoms with E-state index >= 15 is 0 Å². The van der Waals surface area contributed by atoms with E-state index in [9.17, 15) is 20.0 Å². The average Bonchev–Trinajstić information content (AvgIpc) is 3.39. The molecule has 172 valence electrons. The van der Waals surface area contributed by atoms with Crippen LogP contribution in [0.4, 0.5) is 5.69 Å². The molecule has 4 aromatic carbocycles. The van der Waals surface area contributed by atoms with Crippen molar-refractivity contribution < 1.29 is 14.8 Å². The molecule has 0 saturated heterocycles. The molecule has 8 heteroatoms. The van der Waals surface area contributed by atoms with Gasteiger partial charge in [-0.15, -0.1) is 0 Å². The van der Waals surface area contributed by atoms with Crippen LogP contribution in [0, 0.1) is 10.1 Å². The summed E-state index contributed by atoms with van der Waals surface area (Å²) >= 11 is 0. The van der Waals surface area contributed by atoms with E-state index < -0.39 is 16.9 Å². The van der Waals surface area contributed by atoms with Crippen molar-refractivity contribution in [3.8, 4) is 11.4 Å². The van der Waals surface area contributed by atoms with Crippen molar-refractivity contribution in [1.29, 1.82) is 0 Å². The fourth-order valence-corrected chi connectivity index (χ4v) is 4.08. The van der Waals surface area contributed by atoms with Crippen LogP contribution in [0.15, 0.2) is 103 Å². The molecule has 35 heavy (non-hydrogen) atoms. The maximum atomic E-state index is 13.3. The third-order valence-corrected chi connectivity index (χ3v) is 5.79. The van der Waals surface area contributed by atoms with Crippen molar-refractivity contribution in [3.05, 3.63) is 130 Å². The number of carbonyl (C=O) groups excluding carboxylic acids is 1. The summed E-state index contributed by atoms with van der Waals surface area (Å²) in [5.74, 6) is -0.346. The van der Waals surface area contributed by atoms with Gasteiger partial charge in [0.1, 0.15) is 5.75 Å². The highest BCUT2D eigenvalue weighted by Gasteiger charge is 2.24. The zero-order valence-electron chi connectivity index (χ0n) is 18.4. The zero-order valence-corrected chi connectivity index (χ0v) is 18.4. The van der Waals surface area contributed by atoms with Gasteiger partial charge in [0.25, 0.3) is 11.6 Å². The van der Waals surface area contributed by atoms with Crippen LogP contribution in [0.25, 0.3) is 16.5 Å². The molecule has 1 aromatic heterocycles. The smallest absolute Gasteiger partial charge is 0.272 e. The van der Waals surface area contributed by atoms with Gasteiger partial charge >= 0.3 is 0 Å². The van der Waals surface area contributed by atoms with Gasteiger partial charge in [0, 0.05) is 23.9 Å². The molecule has 8 nitrogen and oxygen atoms in total. The Labute approximate surface area is 200 Å². The van der Waals surface area contributed by atoms with E-state index in [0.29, 0.717) is 11.3 Å². The Hall–Kier alpha value is -4.98. The summed E-state index contributed by atoms with van der Waals surface area (Å²) in [6.07, 6.45) is 1.61. The summed E-state index contributed by atoms with van der Waals surface area (Å²) in [5, 5.41) is 30.9. The van der Waals surface area contributed by atoms with E-state index in [1.165, 1.54) is 16.8 Å². The van der Waals surface area contributed by atoms with Crippen LogP contribution in [0.5, 0.6) is 5.75 Å². The Bertz CT molecular complexity index is 1530. The van der Waals surface area contributed by atoms with E-state index in [2.05, 4.69) is 10.4 Å². The molecular formula is C27H20N4O4. The Kier molecular flexibility index (Phi) is 5.68. The minimum Gasteiger partial charge on any atom is -0.508 e. The van der Waals surface area contributed by atoms with Crippen LogP contribution in [0.2, 0.25) is 0 Å². The molecule has 1 atom stereocenters. The van der Waals surface area contributed by atoms with E-state index in [-0.39, 0.29) is 17.1 Å². The fraction of sp³-hybridized carbons (Fsp3) is 0.0370. The highest BCUT2D eigenvalue weighted by molar-refractivity contribution is 5.94. The van der Waals surface area contributed by atoms with Crippen molar-refractivity contribution in [2.24, 2.45) is 0 Å². The van der Waals surface area contributed by atoms with Gasteiger partial charge in [0.15, 0.2) is 5.69 Å². The van der Waals surface area contributed by atoms with Crippen molar-refractivity contribution in [3.63, 3.8) is 0 Å². The molecule has 2 N–H and O–H groups in total. The third kappa shape index (κ3) is 4.32. The molecule has 0 bridgehead atoms. The van der Waals surface area contributed by atoms with Gasteiger partial charge in [-0.3, -0.25) is 14.9 Å². The summed E-state index contributed by atoms with van der Waals surface area (Å²) in [5.41, 5.74) is 2.13. The van der Waals surface area contributed by atoms with E-state index in [0.717, 1.165) is 16.3 Å². The predicted octanol–water partition coefficient (Wildman–Crippen LogP) is 5.16. The van der Waals surface area contributed by atoms with E-state index in [1.807, 2.05) is 60.7 Å². The molecule has 0 saturated carbocycles. The molecule has 0 fully saturated rings.